The Hall–Kier alpha value is -3.44. The zero-order chi connectivity index (χ0) is 27.3. The number of nitrogens with two attached hydrogens (primary N) is 1. The van der Waals surface area contributed by atoms with Gasteiger partial charge in [0.2, 0.25) is 17.7 Å². The van der Waals surface area contributed by atoms with E-state index in [1.807, 2.05) is 38.1 Å². The number of carboxylic acids is 1. The Kier molecular flexibility index (Phi) is 9.28. The number of para-hydroxylation sites is 1. The molecule has 5 unspecified atom stereocenters. The lowest BCUT2D eigenvalue weighted by Crippen LogP contribution is -2.60. The second-order valence-electron chi connectivity index (χ2n) is 10.1. The number of aliphatic hydroxyl groups is 1. The molecule has 202 valence electrons. The van der Waals surface area contributed by atoms with Crippen LogP contribution >= 0.6 is 0 Å². The van der Waals surface area contributed by atoms with E-state index in [9.17, 15) is 29.4 Å². The Morgan fingerprint density at radius 2 is 1.84 bits per heavy atom. The number of nitrogens with zero attached hydrogens (tertiary/aromatic N) is 1. The van der Waals surface area contributed by atoms with Crippen LogP contribution in [0.2, 0.25) is 0 Å². The molecule has 0 aliphatic carbocycles. The minimum Gasteiger partial charge on any atom is -0.480 e. The van der Waals surface area contributed by atoms with E-state index in [4.69, 9.17) is 5.73 Å². The van der Waals surface area contributed by atoms with Gasteiger partial charge in [0.05, 0.1) is 12.1 Å². The highest BCUT2D eigenvalue weighted by molar-refractivity contribution is 5.95. The third kappa shape index (κ3) is 6.86. The van der Waals surface area contributed by atoms with Crippen LogP contribution in [-0.2, 0) is 25.6 Å². The average Bonchev–Trinajstić information content (AvgIpc) is 3.48. The molecule has 0 saturated carbocycles. The third-order valence-electron chi connectivity index (χ3n) is 6.66. The number of fused-ring (bicyclic) bond motifs is 1. The first-order valence-electron chi connectivity index (χ1n) is 12.6. The molecule has 5 atom stereocenters. The van der Waals surface area contributed by atoms with Gasteiger partial charge in [-0.2, -0.15) is 0 Å². The summed E-state index contributed by atoms with van der Waals surface area (Å²) in [6.07, 6.45) is 1.81. The van der Waals surface area contributed by atoms with Gasteiger partial charge in [0.25, 0.3) is 0 Å². The van der Waals surface area contributed by atoms with E-state index in [0.717, 1.165) is 16.5 Å². The van der Waals surface area contributed by atoms with Gasteiger partial charge in [0, 0.05) is 30.1 Å². The number of hydrogen-bond donors (Lipinski definition) is 6. The number of amides is 3. The lowest BCUT2D eigenvalue weighted by atomic mass is 10.0. The van der Waals surface area contributed by atoms with Gasteiger partial charge in [0.15, 0.2) is 0 Å². The molecule has 1 aromatic carbocycles. The van der Waals surface area contributed by atoms with E-state index >= 15 is 0 Å². The average molecular weight is 516 g/mol. The number of carbonyl (C=O) groups is 4. The van der Waals surface area contributed by atoms with Crippen LogP contribution in [0.5, 0.6) is 0 Å². The van der Waals surface area contributed by atoms with Crippen LogP contribution in [0.4, 0.5) is 0 Å². The molecule has 1 aliphatic rings. The summed E-state index contributed by atoms with van der Waals surface area (Å²) >= 11 is 0. The molecule has 0 spiro atoms. The van der Waals surface area contributed by atoms with Crippen LogP contribution in [0.25, 0.3) is 10.9 Å². The quantitative estimate of drug-likeness (QED) is 0.252. The molecule has 0 radical (unpaired) electrons. The molecular formula is C26H37N5O6. The molecule has 2 heterocycles. The molecular weight excluding hydrogens is 478 g/mol. The van der Waals surface area contributed by atoms with Gasteiger partial charge in [-0.25, -0.2) is 4.79 Å². The fraction of sp³-hybridized carbons (Fsp3) is 0.538. The number of likely N-dealkylation sites (tertiary alicyclic amines) is 1. The van der Waals surface area contributed by atoms with Crippen molar-refractivity contribution in [2.24, 2.45) is 11.7 Å². The highest BCUT2D eigenvalue weighted by Gasteiger charge is 2.40. The first kappa shape index (κ1) is 28.1. The molecule has 1 saturated heterocycles. The van der Waals surface area contributed by atoms with E-state index in [-0.39, 0.29) is 18.9 Å². The number of aromatic amines is 1. The Labute approximate surface area is 215 Å². The van der Waals surface area contributed by atoms with Gasteiger partial charge in [0.1, 0.15) is 18.1 Å². The fourth-order valence-electron chi connectivity index (χ4n) is 4.73. The molecule has 2 aromatic rings. The SMILES string of the molecule is CC(C)CC(N)C(=O)NC(Cc1c[nH]c2ccccc12)C(=O)NC(C(=O)N1CCCC1C(=O)O)C(C)O. The van der Waals surface area contributed by atoms with Crippen molar-refractivity contribution in [2.75, 3.05) is 6.54 Å². The number of hydrogen-bond acceptors (Lipinski definition) is 6. The molecule has 3 rings (SSSR count). The van der Waals surface area contributed by atoms with E-state index in [1.165, 1.54) is 11.8 Å². The molecule has 37 heavy (non-hydrogen) atoms. The van der Waals surface area contributed by atoms with E-state index in [0.29, 0.717) is 19.3 Å². The highest BCUT2D eigenvalue weighted by atomic mass is 16.4. The van der Waals surface area contributed by atoms with Crippen LogP contribution in [0.15, 0.2) is 30.5 Å². The van der Waals surface area contributed by atoms with Crippen molar-refractivity contribution >= 4 is 34.6 Å². The minimum absolute atomic E-state index is 0.109. The minimum atomic E-state index is -1.38. The molecule has 1 fully saturated rings. The standard InChI is InChI=1S/C26H37N5O6/c1-14(2)11-18(27)23(33)29-20(12-16-13-28-19-8-5-4-7-17(16)19)24(34)30-22(15(3)32)25(35)31-10-6-9-21(31)26(36)37/h4-5,7-8,13-15,18,20-22,28,32H,6,9-12,27H2,1-3H3,(H,29,33)(H,30,34)(H,36,37). The lowest BCUT2D eigenvalue weighted by molar-refractivity contribution is -0.150. The van der Waals surface area contributed by atoms with Crippen LogP contribution in [0.1, 0.15) is 45.6 Å². The Morgan fingerprint density at radius 1 is 1.14 bits per heavy atom. The van der Waals surface area contributed by atoms with Gasteiger partial charge >= 0.3 is 5.97 Å². The van der Waals surface area contributed by atoms with Crippen molar-refractivity contribution in [2.45, 2.75) is 76.7 Å². The number of rotatable bonds is 11. The van der Waals surface area contributed by atoms with Crippen LogP contribution < -0.4 is 16.4 Å². The zero-order valence-corrected chi connectivity index (χ0v) is 21.4. The first-order chi connectivity index (χ1) is 17.5. The number of H-pyrrole nitrogens is 1. The molecule has 1 aromatic heterocycles. The van der Waals surface area contributed by atoms with Crippen LogP contribution in [0, 0.1) is 5.92 Å². The summed E-state index contributed by atoms with van der Waals surface area (Å²) in [7, 11) is 0. The van der Waals surface area contributed by atoms with E-state index < -0.39 is 54.0 Å². The van der Waals surface area contributed by atoms with Gasteiger partial charge in [-0.1, -0.05) is 32.0 Å². The lowest BCUT2D eigenvalue weighted by Gasteiger charge is -2.30. The maximum atomic E-state index is 13.5. The summed E-state index contributed by atoms with van der Waals surface area (Å²) in [6, 6.07) is 3.22. The molecule has 11 nitrogen and oxygen atoms in total. The van der Waals surface area contributed by atoms with Crippen molar-refractivity contribution < 1.29 is 29.4 Å². The summed E-state index contributed by atoms with van der Waals surface area (Å²) in [4.78, 5) is 55.4. The number of nitrogens with one attached hydrogen (secondary N) is 3. The summed E-state index contributed by atoms with van der Waals surface area (Å²) in [5.74, 6) is -2.83. The van der Waals surface area contributed by atoms with Crippen LogP contribution in [-0.4, -0.2) is 80.6 Å². The van der Waals surface area contributed by atoms with Crippen molar-refractivity contribution in [3.05, 3.63) is 36.0 Å². The Morgan fingerprint density at radius 3 is 2.49 bits per heavy atom. The topological polar surface area (TPSA) is 178 Å². The predicted molar refractivity (Wildman–Crippen MR) is 137 cm³/mol. The van der Waals surface area contributed by atoms with Gasteiger partial charge < -0.3 is 36.5 Å². The number of aromatic nitrogens is 1. The second kappa shape index (κ2) is 12.2. The monoisotopic (exact) mass is 515 g/mol. The zero-order valence-electron chi connectivity index (χ0n) is 21.4. The summed E-state index contributed by atoms with van der Waals surface area (Å²) in [5.41, 5.74) is 7.69. The Balaban J connectivity index is 1.84. The summed E-state index contributed by atoms with van der Waals surface area (Å²) < 4.78 is 0. The van der Waals surface area contributed by atoms with Gasteiger partial charge in [-0.3, -0.25) is 14.4 Å². The first-order valence-corrected chi connectivity index (χ1v) is 12.6. The van der Waals surface area contributed by atoms with Gasteiger partial charge in [-0.15, -0.1) is 0 Å². The molecule has 0 bridgehead atoms. The predicted octanol–water partition coefficient (Wildman–Crippen LogP) is 0.510. The van der Waals surface area contributed by atoms with Gasteiger partial charge in [-0.05, 0) is 43.7 Å². The van der Waals surface area contributed by atoms with E-state index in [2.05, 4.69) is 15.6 Å². The maximum absolute atomic E-state index is 13.5. The molecule has 11 heteroatoms. The number of carboxylic acid groups (broad SMARTS) is 1. The highest BCUT2D eigenvalue weighted by Crippen LogP contribution is 2.21. The number of carbonyl (C=O) groups excluding carboxylic acids is 3. The Bertz CT molecular complexity index is 1130. The summed E-state index contributed by atoms with van der Waals surface area (Å²) in [6.45, 7) is 5.44. The normalized spacial score (nSPS) is 18.9. The maximum Gasteiger partial charge on any atom is 0.326 e. The van der Waals surface area contributed by atoms with Crippen LogP contribution in [0.3, 0.4) is 0 Å². The summed E-state index contributed by atoms with van der Waals surface area (Å²) in [5, 5.41) is 26.0. The van der Waals surface area contributed by atoms with Crippen molar-refractivity contribution in [1.82, 2.24) is 20.5 Å². The smallest absolute Gasteiger partial charge is 0.326 e. The number of benzene rings is 1. The molecule has 3 amide bonds. The number of aliphatic hydroxyl groups excluding tert-OH is 1. The largest absolute Gasteiger partial charge is 0.480 e. The fourth-order valence-corrected chi connectivity index (χ4v) is 4.73. The molecule has 7 N–H and O–H groups in total. The number of aliphatic carboxylic acids is 1. The van der Waals surface area contributed by atoms with E-state index in [1.54, 1.807) is 6.20 Å². The van der Waals surface area contributed by atoms with Crippen molar-refractivity contribution in [3.63, 3.8) is 0 Å². The van der Waals surface area contributed by atoms with Crippen molar-refractivity contribution in [1.29, 1.82) is 0 Å². The van der Waals surface area contributed by atoms with Crippen molar-refractivity contribution in [3.8, 4) is 0 Å². The third-order valence-corrected chi connectivity index (χ3v) is 6.66. The molecule has 1 aliphatic heterocycles. The second-order valence-corrected chi connectivity index (χ2v) is 10.1.